The highest BCUT2D eigenvalue weighted by molar-refractivity contribution is 6.14. The monoisotopic (exact) mass is 585 g/mol. The molecule has 43 heavy (non-hydrogen) atoms. The van der Waals surface area contributed by atoms with Crippen molar-refractivity contribution in [1.82, 2.24) is 34.2 Å². The fourth-order valence-electron chi connectivity index (χ4n) is 6.83. The van der Waals surface area contributed by atoms with Crippen molar-refractivity contribution in [2.75, 3.05) is 6.61 Å². The van der Waals surface area contributed by atoms with Gasteiger partial charge in [-0.1, -0.05) is 24.3 Å². The minimum atomic E-state index is -0.595. The first-order valence-corrected chi connectivity index (χ1v) is 14.8. The molecule has 2 saturated carbocycles. The molecule has 0 spiro atoms. The predicted molar refractivity (Wildman–Crippen MR) is 157 cm³/mol. The molecule has 12 heteroatoms. The molecule has 2 aliphatic carbocycles. The van der Waals surface area contributed by atoms with Crippen molar-refractivity contribution >= 4 is 28.2 Å². The number of halogens is 1. The number of amides is 1. The summed E-state index contributed by atoms with van der Waals surface area (Å²) < 4.78 is 31.9. The number of pyridine rings is 1. The van der Waals surface area contributed by atoms with Gasteiger partial charge < -0.3 is 19.8 Å². The van der Waals surface area contributed by atoms with Gasteiger partial charge in [0.05, 0.1) is 46.0 Å². The topological polar surface area (TPSA) is 121 Å². The van der Waals surface area contributed by atoms with Gasteiger partial charge in [-0.2, -0.15) is 4.39 Å². The first kappa shape index (κ1) is 26.2. The summed E-state index contributed by atoms with van der Waals surface area (Å²) in [5, 5.41) is 7.72. The zero-order chi connectivity index (χ0) is 29.4. The summed E-state index contributed by atoms with van der Waals surface area (Å²) in [7, 11) is 3.42. The van der Waals surface area contributed by atoms with Gasteiger partial charge >= 0.3 is 11.8 Å². The number of rotatable bonds is 3. The van der Waals surface area contributed by atoms with Gasteiger partial charge in [-0.3, -0.25) is 13.8 Å². The molecule has 0 unspecified atom stereocenters. The quantitative estimate of drug-likeness (QED) is 0.325. The number of carbonyl (C=O) groups is 1. The van der Waals surface area contributed by atoms with E-state index in [1.54, 1.807) is 31.1 Å². The van der Waals surface area contributed by atoms with Crippen LogP contribution < -0.4 is 11.0 Å². The van der Waals surface area contributed by atoms with E-state index in [-0.39, 0.29) is 30.0 Å². The molecule has 0 radical (unpaired) electrons. The number of aryl methyl sites for hydroxylation is 3. The number of hydrogen-bond acceptors (Lipinski definition) is 6. The van der Waals surface area contributed by atoms with Crippen molar-refractivity contribution in [1.29, 1.82) is 0 Å². The van der Waals surface area contributed by atoms with Crippen molar-refractivity contribution in [3.63, 3.8) is 0 Å². The SMILES string of the molecule is Cn1cc(-c2[nH]c3ncc4c5c3c2-c2ccc(cc2)CCCO[C@@H]2C[C@H](C[C@@H]2NC(=O)OC2CC2)n5c(=O)n4C)c(F)n1. The summed E-state index contributed by atoms with van der Waals surface area (Å²) in [6.07, 6.45) is 7.05. The second kappa shape index (κ2) is 9.80. The molecule has 5 aromatic rings. The minimum Gasteiger partial charge on any atom is -0.446 e. The summed E-state index contributed by atoms with van der Waals surface area (Å²) in [5.41, 5.74) is 5.40. The highest BCUT2D eigenvalue weighted by Gasteiger charge is 2.40. The number of alkyl carbamates (subject to hydrolysis) is 1. The van der Waals surface area contributed by atoms with Gasteiger partial charge in [0.2, 0.25) is 5.95 Å². The first-order chi connectivity index (χ1) is 20.9. The normalized spacial score (nSPS) is 21.9. The third kappa shape index (κ3) is 4.34. The number of aromatic nitrogens is 6. The van der Waals surface area contributed by atoms with Crippen LogP contribution in [0.2, 0.25) is 0 Å². The van der Waals surface area contributed by atoms with Gasteiger partial charge in [0, 0.05) is 38.5 Å². The van der Waals surface area contributed by atoms with Crippen LogP contribution in [0.1, 0.15) is 43.7 Å². The van der Waals surface area contributed by atoms with E-state index in [9.17, 15) is 9.59 Å². The minimum absolute atomic E-state index is 0.0134. The fraction of sp³-hybridized carbons (Fsp3) is 0.419. The Bertz CT molecular complexity index is 1950. The largest absolute Gasteiger partial charge is 0.446 e. The maximum absolute atomic E-state index is 15.2. The van der Waals surface area contributed by atoms with Gasteiger partial charge in [-0.05, 0) is 49.7 Å². The molecular weight excluding hydrogens is 553 g/mol. The lowest BCUT2D eigenvalue weighted by Crippen LogP contribution is -2.41. The van der Waals surface area contributed by atoms with Crippen LogP contribution >= 0.6 is 0 Å². The van der Waals surface area contributed by atoms with Crippen molar-refractivity contribution < 1.29 is 18.7 Å². The number of nitrogens with one attached hydrogen (secondary N) is 2. The van der Waals surface area contributed by atoms with Gasteiger partial charge in [0.15, 0.2) is 0 Å². The third-order valence-corrected chi connectivity index (χ3v) is 9.05. The lowest BCUT2D eigenvalue weighted by molar-refractivity contribution is 0.0349. The molecule has 9 rings (SSSR count). The van der Waals surface area contributed by atoms with Crippen LogP contribution in [-0.2, 0) is 30.0 Å². The van der Waals surface area contributed by atoms with Crippen molar-refractivity contribution in [3.8, 4) is 22.4 Å². The Morgan fingerprint density at radius 3 is 2.74 bits per heavy atom. The Balaban J connectivity index is 1.36. The highest BCUT2D eigenvalue weighted by Crippen LogP contribution is 2.43. The second-order valence-corrected chi connectivity index (χ2v) is 12.0. The molecule has 6 heterocycles. The molecule has 11 nitrogen and oxygen atoms in total. The van der Waals surface area contributed by atoms with E-state index in [1.807, 2.05) is 16.7 Å². The van der Waals surface area contributed by atoms with Crippen LogP contribution in [0, 0.1) is 5.95 Å². The number of nitrogens with zero attached hydrogens (tertiary/aromatic N) is 5. The van der Waals surface area contributed by atoms with Crippen LogP contribution in [0.5, 0.6) is 0 Å². The van der Waals surface area contributed by atoms with E-state index < -0.39 is 12.0 Å². The molecule has 2 N–H and O–H groups in total. The maximum atomic E-state index is 15.2. The number of fused-ring (bicyclic) bond motifs is 5. The number of carbonyl (C=O) groups excluding carboxylic acids is 1. The van der Waals surface area contributed by atoms with Crippen molar-refractivity contribution in [2.24, 2.45) is 14.1 Å². The van der Waals surface area contributed by atoms with Gasteiger partial charge in [0.1, 0.15) is 11.8 Å². The Hall–Kier alpha value is -4.45. The summed E-state index contributed by atoms with van der Waals surface area (Å²) >= 11 is 0. The van der Waals surface area contributed by atoms with Gasteiger partial charge in [-0.25, -0.2) is 14.6 Å². The number of benzene rings is 1. The Labute approximate surface area is 245 Å². The van der Waals surface area contributed by atoms with Crippen molar-refractivity contribution in [3.05, 3.63) is 58.7 Å². The second-order valence-electron chi connectivity index (χ2n) is 12.0. The smallest absolute Gasteiger partial charge is 0.407 e. The summed E-state index contributed by atoms with van der Waals surface area (Å²) in [6.45, 7) is 0.526. The Kier molecular flexibility index (Phi) is 5.97. The molecule has 1 aromatic carbocycles. The molecule has 222 valence electrons. The highest BCUT2D eigenvalue weighted by atomic mass is 19.1. The van der Waals surface area contributed by atoms with E-state index in [2.05, 4.69) is 27.5 Å². The molecule has 4 aliphatic rings. The summed E-state index contributed by atoms with van der Waals surface area (Å²) in [6, 6.07) is 7.66. The van der Waals surface area contributed by atoms with E-state index in [4.69, 9.17) is 14.5 Å². The number of H-pyrrole nitrogens is 1. The predicted octanol–water partition coefficient (Wildman–Crippen LogP) is 4.35. The average molecular weight is 586 g/mol. The molecular formula is C31H32FN7O4. The molecule has 1 amide bonds. The maximum Gasteiger partial charge on any atom is 0.407 e. The van der Waals surface area contributed by atoms with Crippen LogP contribution in [0.25, 0.3) is 44.5 Å². The number of ether oxygens (including phenoxy) is 2. The molecule has 0 saturated heterocycles. The number of aromatic amines is 1. The molecule has 3 atom stereocenters. The molecule has 4 bridgehead atoms. The average Bonchev–Trinajstić information content (AvgIpc) is 3.31. The number of imidazole rings is 1. The molecule has 2 aliphatic heterocycles. The number of hydrogen-bond donors (Lipinski definition) is 2. The van der Waals surface area contributed by atoms with Gasteiger partial charge in [0.25, 0.3) is 0 Å². The Morgan fingerprint density at radius 2 is 2.00 bits per heavy atom. The lowest BCUT2D eigenvalue weighted by atomic mass is 9.97. The fourth-order valence-corrected chi connectivity index (χ4v) is 6.83. The first-order valence-electron chi connectivity index (χ1n) is 14.8. The zero-order valence-electron chi connectivity index (χ0n) is 24.0. The zero-order valence-corrected chi connectivity index (χ0v) is 24.0. The van der Waals surface area contributed by atoms with E-state index in [1.165, 1.54) is 4.68 Å². The van der Waals surface area contributed by atoms with Gasteiger partial charge in [-0.15, -0.1) is 5.10 Å². The summed E-state index contributed by atoms with van der Waals surface area (Å²) in [4.78, 5) is 34.7. The molecule has 2 fully saturated rings. The van der Waals surface area contributed by atoms with Crippen molar-refractivity contribution in [2.45, 2.75) is 62.8 Å². The lowest BCUT2D eigenvalue weighted by Gasteiger charge is -2.21. The van der Waals surface area contributed by atoms with Crippen LogP contribution in [0.4, 0.5) is 9.18 Å². The van der Waals surface area contributed by atoms with Crippen LogP contribution in [-0.4, -0.2) is 59.8 Å². The Morgan fingerprint density at radius 1 is 1.19 bits per heavy atom. The standard InChI is InChI=1S/C31H32FN7O4/c1-37-15-20(28(32)36-37)26-24-17-7-5-16(6-8-17)4-3-11-42-23-13-18(12-21(23)34-30(40)43-19-9-10-19)39-27-22(38(2)31(39)41)14-33-29(35-26)25(24)27/h5-8,14-15,18-19,21,23H,3-4,9-13H2,1-2H3,(H,33,35)(H,34,40)/t18-,21-,23+/m0/s1. The van der Waals surface area contributed by atoms with E-state index in [0.717, 1.165) is 47.8 Å². The van der Waals surface area contributed by atoms with E-state index in [0.29, 0.717) is 47.4 Å². The third-order valence-electron chi connectivity index (χ3n) is 9.05. The summed E-state index contributed by atoms with van der Waals surface area (Å²) in [5.74, 6) is -0.595. The van der Waals surface area contributed by atoms with Crippen LogP contribution in [0.15, 0.2) is 41.5 Å². The van der Waals surface area contributed by atoms with E-state index >= 15 is 4.39 Å². The molecule has 4 aromatic heterocycles. The van der Waals surface area contributed by atoms with Crippen LogP contribution in [0.3, 0.4) is 0 Å².